The van der Waals surface area contributed by atoms with E-state index >= 15 is 4.39 Å². The standard InChI is InChI=1S/C27H31FN4O4S/c1-17(37)29-14-22-16-32(27(34)36-22)20-3-6-25(24(28)13-20)31-9-7-30(8-10-31)15-19-11-18-12-21(35-2)4-5-23(18)26(19)33/h3-6,12-13,19,22H,7-11,14-16H2,1-2H3,(H,29,37). The lowest BCUT2D eigenvalue weighted by Gasteiger charge is -2.37. The third-order valence-electron chi connectivity index (χ3n) is 7.30. The van der Waals surface area contributed by atoms with Gasteiger partial charge in [0.05, 0.1) is 36.6 Å². The molecular formula is C27H31FN4O4S. The average Bonchev–Trinajstić information content (AvgIpc) is 3.41. The van der Waals surface area contributed by atoms with Gasteiger partial charge < -0.3 is 19.7 Å². The number of halogens is 1. The highest BCUT2D eigenvalue weighted by Crippen LogP contribution is 2.32. The first-order chi connectivity index (χ1) is 17.8. The monoisotopic (exact) mass is 526 g/mol. The number of ketones is 1. The number of piperazine rings is 1. The number of fused-ring (bicyclic) bond motifs is 1. The number of methoxy groups -OCH3 is 1. The molecule has 196 valence electrons. The van der Waals surface area contributed by atoms with Gasteiger partial charge in [-0.1, -0.05) is 12.2 Å². The molecule has 0 saturated carbocycles. The number of carbonyl (C=O) groups is 2. The fraction of sp³-hybridized carbons (Fsp3) is 0.444. The number of hydrogen-bond acceptors (Lipinski definition) is 7. The Bertz CT molecular complexity index is 1220. The third-order valence-corrected chi connectivity index (χ3v) is 7.45. The maximum Gasteiger partial charge on any atom is 0.414 e. The van der Waals surface area contributed by atoms with Crippen molar-refractivity contribution in [3.8, 4) is 5.75 Å². The van der Waals surface area contributed by atoms with E-state index in [1.165, 1.54) is 11.0 Å². The van der Waals surface area contributed by atoms with E-state index in [0.717, 1.165) is 36.4 Å². The molecule has 2 saturated heterocycles. The number of anilines is 2. The lowest BCUT2D eigenvalue weighted by molar-refractivity contribution is 0.0897. The molecule has 2 aromatic carbocycles. The minimum atomic E-state index is -0.489. The van der Waals surface area contributed by atoms with Gasteiger partial charge in [-0.2, -0.15) is 0 Å². The summed E-state index contributed by atoms with van der Waals surface area (Å²) in [7, 11) is 1.63. The molecule has 0 spiro atoms. The number of thiocarbonyl (C=S) groups is 1. The van der Waals surface area contributed by atoms with Crippen LogP contribution in [-0.2, 0) is 11.2 Å². The predicted molar refractivity (Wildman–Crippen MR) is 143 cm³/mol. The van der Waals surface area contributed by atoms with E-state index in [1.54, 1.807) is 26.2 Å². The largest absolute Gasteiger partial charge is 0.497 e. The second-order valence-corrected chi connectivity index (χ2v) is 10.4. The Hall–Kier alpha value is -3.24. The lowest BCUT2D eigenvalue weighted by atomic mass is 10.0. The summed E-state index contributed by atoms with van der Waals surface area (Å²) in [5, 5.41) is 3.00. The van der Waals surface area contributed by atoms with Crippen LogP contribution in [0.4, 0.5) is 20.6 Å². The zero-order chi connectivity index (χ0) is 26.1. The van der Waals surface area contributed by atoms with Gasteiger partial charge in [0.2, 0.25) is 0 Å². The summed E-state index contributed by atoms with van der Waals surface area (Å²) < 4.78 is 25.8. The molecule has 10 heteroatoms. The van der Waals surface area contributed by atoms with E-state index in [0.29, 0.717) is 49.1 Å². The number of nitrogens with zero attached hydrogens (tertiary/aromatic N) is 3. The Morgan fingerprint density at radius 1 is 1.16 bits per heavy atom. The molecule has 2 aromatic rings. The first-order valence-electron chi connectivity index (χ1n) is 12.5. The molecule has 1 amide bonds. The van der Waals surface area contributed by atoms with Gasteiger partial charge in [-0.05, 0) is 55.3 Å². The van der Waals surface area contributed by atoms with Gasteiger partial charge in [0.1, 0.15) is 17.7 Å². The van der Waals surface area contributed by atoms with Gasteiger partial charge in [-0.25, -0.2) is 9.18 Å². The summed E-state index contributed by atoms with van der Waals surface area (Å²) in [5.74, 6) is 0.535. The Kier molecular flexibility index (Phi) is 7.30. The molecule has 2 aliphatic heterocycles. The van der Waals surface area contributed by atoms with Crippen molar-refractivity contribution >= 4 is 40.5 Å². The van der Waals surface area contributed by atoms with Gasteiger partial charge in [-0.15, -0.1) is 0 Å². The van der Waals surface area contributed by atoms with E-state index < -0.39 is 6.09 Å². The van der Waals surface area contributed by atoms with Crippen molar-refractivity contribution in [2.75, 3.05) is 62.7 Å². The van der Waals surface area contributed by atoms with Crippen LogP contribution >= 0.6 is 12.2 Å². The van der Waals surface area contributed by atoms with Crippen LogP contribution in [0.25, 0.3) is 0 Å². The highest BCUT2D eigenvalue weighted by atomic mass is 32.1. The fourth-order valence-corrected chi connectivity index (χ4v) is 5.41. The van der Waals surface area contributed by atoms with Crippen LogP contribution in [0.5, 0.6) is 5.75 Å². The van der Waals surface area contributed by atoms with Gasteiger partial charge in [-0.3, -0.25) is 14.6 Å². The van der Waals surface area contributed by atoms with E-state index in [-0.39, 0.29) is 23.6 Å². The first kappa shape index (κ1) is 25.4. The first-order valence-corrected chi connectivity index (χ1v) is 12.9. The fourth-order valence-electron chi connectivity index (χ4n) is 5.33. The minimum absolute atomic E-state index is 0.0585. The number of nitrogens with one attached hydrogen (secondary N) is 1. The van der Waals surface area contributed by atoms with Gasteiger partial charge >= 0.3 is 6.09 Å². The average molecular weight is 527 g/mol. The summed E-state index contributed by atoms with van der Waals surface area (Å²) >= 11 is 5.01. The predicted octanol–water partition coefficient (Wildman–Crippen LogP) is 3.27. The van der Waals surface area contributed by atoms with Crippen LogP contribution in [0, 0.1) is 11.7 Å². The number of ether oxygens (including phenoxy) is 2. The van der Waals surface area contributed by atoms with Crippen LogP contribution in [0.2, 0.25) is 0 Å². The molecule has 0 aromatic heterocycles. The Morgan fingerprint density at radius 3 is 2.65 bits per heavy atom. The molecule has 8 nitrogen and oxygen atoms in total. The quantitative estimate of drug-likeness (QED) is 0.552. The van der Waals surface area contributed by atoms with Crippen LogP contribution < -0.4 is 19.9 Å². The van der Waals surface area contributed by atoms with Crippen LogP contribution in [0.1, 0.15) is 22.8 Å². The highest BCUT2D eigenvalue weighted by molar-refractivity contribution is 7.80. The number of amides is 1. The number of Topliss-reactive ketones (excluding diaryl/α,β-unsaturated/α-hetero) is 1. The third kappa shape index (κ3) is 5.40. The molecule has 2 fully saturated rings. The summed E-state index contributed by atoms with van der Waals surface area (Å²) in [6, 6.07) is 10.5. The van der Waals surface area contributed by atoms with E-state index in [1.807, 2.05) is 23.1 Å². The molecule has 2 heterocycles. The van der Waals surface area contributed by atoms with Crippen molar-refractivity contribution < 1.29 is 23.5 Å². The number of hydrogen-bond donors (Lipinski definition) is 1. The van der Waals surface area contributed by atoms with E-state index in [9.17, 15) is 9.59 Å². The summed E-state index contributed by atoms with van der Waals surface area (Å²) in [4.78, 5) is 31.6. The molecular weight excluding hydrogens is 495 g/mol. The van der Waals surface area contributed by atoms with Crippen LogP contribution in [-0.4, -0.2) is 80.8 Å². The molecule has 1 N–H and O–H groups in total. The van der Waals surface area contributed by atoms with Crippen molar-refractivity contribution in [2.24, 2.45) is 5.92 Å². The van der Waals surface area contributed by atoms with Crippen LogP contribution in [0.3, 0.4) is 0 Å². The molecule has 2 atom stereocenters. The molecule has 3 aliphatic rings. The molecule has 37 heavy (non-hydrogen) atoms. The van der Waals surface area contributed by atoms with Crippen molar-refractivity contribution in [1.82, 2.24) is 10.2 Å². The SMILES string of the molecule is COc1ccc2c(c1)CC(CN1CCN(c3ccc(N4CC(CNC(C)=S)OC4=O)cc3F)CC1)C2=O. The van der Waals surface area contributed by atoms with Gasteiger partial charge in [0.25, 0.3) is 0 Å². The smallest absolute Gasteiger partial charge is 0.414 e. The zero-order valence-electron chi connectivity index (χ0n) is 21.0. The molecule has 0 radical (unpaired) electrons. The molecule has 0 bridgehead atoms. The summed E-state index contributed by atoms with van der Waals surface area (Å²) in [6.07, 6.45) is -0.109. The summed E-state index contributed by atoms with van der Waals surface area (Å²) in [5.41, 5.74) is 2.84. The number of cyclic esters (lactones) is 1. The number of benzene rings is 2. The van der Waals surface area contributed by atoms with Gasteiger partial charge in [0, 0.05) is 44.2 Å². The van der Waals surface area contributed by atoms with Crippen molar-refractivity contribution in [1.29, 1.82) is 0 Å². The van der Waals surface area contributed by atoms with Crippen molar-refractivity contribution in [3.05, 3.63) is 53.3 Å². The van der Waals surface area contributed by atoms with Crippen molar-refractivity contribution in [3.63, 3.8) is 0 Å². The topological polar surface area (TPSA) is 74.4 Å². The highest BCUT2D eigenvalue weighted by Gasteiger charge is 2.34. The molecule has 1 aliphatic carbocycles. The Balaban J connectivity index is 1.16. The maximum atomic E-state index is 15.1. The van der Waals surface area contributed by atoms with Crippen LogP contribution in [0.15, 0.2) is 36.4 Å². The Morgan fingerprint density at radius 2 is 1.95 bits per heavy atom. The van der Waals surface area contributed by atoms with E-state index in [4.69, 9.17) is 21.7 Å². The summed E-state index contributed by atoms with van der Waals surface area (Å²) in [6.45, 7) is 6.04. The maximum absolute atomic E-state index is 15.1. The molecule has 5 rings (SSSR count). The van der Waals surface area contributed by atoms with Gasteiger partial charge in [0.15, 0.2) is 5.78 Å². The second-order valence-electron chi connectivity index (χ2n) is 9.77. The minimum Gasteiger partial charge on any atom is -0.497 e. The second kappa shape index (κ2) is 10.6. The normalized spacial score (nSPS) is 21.7. The van der Waals surface area contributed by atoms with Crippen molar-refractivity contribution in [2.45, 2.75) is 19.4 Å². The van der Waals surface area contributed by atoms with E-state index in [2.05, 4.69) is 10.2 Å². The molecule has 2 unspecified atom stereocenters. The Labute approximate surface area is 221 Å². The lowest BCUT2D eigenvalue weighted by Crippen LogP contribution is -2.48. The zero-order valence-corrected chi connectivity index (χ0v) is 21.9. The number of carbonyl (C=O) groups excluding carboxylic acids is 2. The number of rotatable bonds is 7.